The minimum Gasteiger partial charge on any atom is -0.462 e. The lowest BCUT2D eigenvalue weighted by Gasteiger charge is -2.21. The summed E-state index contributed by atoms with van der Waals surface area (Å²) in [4.78, 5) is 72.9. The van der Waals surface area contributed by atoms with Crippen molar-refractivity contribution in [3.63, 3.8) is 0 Å². The van der Waals surface area contributed by atoms with Crippen molar-refractivity contribution in [2.75, 3.05) is 39.6 Å². The maximum absolute atomic E-state index is 13.1. The molecule has 99 heavy (non-hydrogen) atoms. The first-order chi connectivity index (χ1) is 47.9. The minimum atomic E-state index is -4.96. The molecule has 17 nitrogen and oxygen atoms in total. The molecule has 0 aliphatic carbocycles. The van der Waals surface area contributed by atoms with Gasteiger partial charge in [-0.1, -0.05) is 369 Å². The van der Waals surface area contributed by atoms with E-state index >= 15 is 0 Å². The Hall–Kier alpha value is -1.94. The molecule has 0 spiro atoms. The van der Waals surface area contributed by atoms with Crippen LogP contribution in [0.3, 0.4) is 0 Å². The highest BCUT2D eigenvalue weighted by molar-refractivity contribution is 7.47. The molecule has 3 N–H and O–H groups in total. The summed E-state index contributed by atoms with van der Waals surface area (Å²) >= 11 is 0. The third kappa shape index (κ3) is 71.5. The SMILES string of the molecule is CCCCCCCCCCCCCCCCCC(=O)O[C@H](COC(=O)CCCCCCCCCC)COP(=O)(O)OC[C@H](O)COP(=O)(O)OC[C@@H](COC(=O)CCCCCCCCCCCCCCCCC(C)CC)OC(=O)CCCCCCCCCCCCCCCCC(C)CC. The van der Waals surface area contributed by atoms with Crippen LogP contribution in [0.2, 0.25) is 0 Å². The molecule has 0 saturated heterocycles. The van der Waals surface area contributed by atoms with Gasteiger partial charge in [0.05, 0.1) is 26.4 Å². The third-order valence-corrected chi connectivity index (χ3v) is 21.3. The van der Waals surface area contributed by atoms with E-state index in [2.05, 4.69) is 41.5 Å². The fraction of sp³-hybridized carbons (Fsp3) is 0.950. The highest BCUT2D eigenvalue weighted by Crippen LogP contribution is 2.45. The quantitative estimate of drug-likeness (QED) is 0.0222. The lowest BCUT2D eigenvalue weighted by Crippen LogP contribution is -2.30. The van der Waals surface area contributed by atoms with Crippen molar-refractivity contribution >= 4 is 39.5 Å². The second-order valence-electron chi connectivity index (χ2n) is 29.3. The van der Waals surface area contributed by atoms with Crippen LogP contribution in [0.5, 0.6) is 0 Å². The van der Waals surface area contributed by atoms with E-state index in [-0.39, 0.29) is 25.7 Å². The number of ether oxygens (including phenoxy) is 4. The van der Waals surface area contributed by atoms with E-state index in [4.69, 9.17) is 37.0 Å². The van der Waals surface area contributed by atoms with E-state index in [0.29, 0.717) is 25.7 Å². The Morgan fingerprint density at radius 2 is 0.485 bits per heavy atom. The first-order valence-electron chi connectivity index (χ1n) is 41.6. The smallest absolute Gasteiger partial charge is 0.462 e. The monoisotopic (exact) mass is 1450 g/mol. The zero-order valence-corrected chi connectivity index (χ0v) is 66.6. The van der Waals surface area contributed by atoms with Gasteiger partial charge in [0.1, 0.15) is 19.3 Å². The summed E-state index contributed by atoms with van der Waals surface area (Å²) in [5, 5.41) is 10.6. The molecule has 19 heteroatoms. The summed E-state index contributed by atoms with van der Waals surface area (Å²) in [6, 6.07) is 0. The summed E-state index contributed by atoms with van der Waals surface area (Å²) in [6.45, 7) is 9.72. The number of rotatable bonds is 79. The molecule has 0 aromatic rings. The van der Waals surface area contributed by atoms with Gasteiger partial charge in [-0.3, -0.25) is 37.3 Å². The normalized spacial score (nSPS) is 14.5. The fourth-order valence-electron chi connectivity index (χ4n) is 12.3. The Labute approximate surface area is 607 Å². The van der Waals surface area contributed by atoms with E-state index in [1.807, 2.05) is 0 Å². The van der Waals surface area contributed by atoms with Gasteiger partial charge < -0.3 is 33.8 Å². The Morgan fingerprint density at radius 3 is 0.717 bits per heavy atom. The molecule has 588 valence electrons. The first kappa shape index (κ1) is 97.1. The van der Waals surface area contributed by atoms with Crippen LogP contribution in [0.25, 0.3) is 0 Å². The number of carbonyl (C=O) groups excluding carboxylic acids is 4. The van der Waals surface area contributed by atoms with Gasteiger partial charge in [-0.15, -0.1) is 0 Å². The van der Waals surface area contributed by atoms with Crippen LogP contribution in [-0.2, 0) is 65.4 Å². The molecule has 4 unspecified atom stereocenters. The minimum absolute atomic E-state index is 0.108. The highest BCUT2D eigenvalue weighted by atomic mass is 31.2. The molecule has 0 heterocycles. The van der Waals surface area contributed by atoms with E-state index in [1.165, 1.54) is 231 Å². The second kappa shape index (κ2) is 71.7. The summed E-state index contributed by atoms with van der Waals surface area (Å²) in [5.74, 6) is -0.415. The number of phosphoric ester groups is 2. The number of hydrogen-bond donors (Lipinski definition) is 3. The van der Waals surface area contributed by atoms with Gasteiger partial charge in [-0.25, -0.2) is 9.13 Å². The second-order valence-corrected chi connectivity index (χ2v) is 32.2. The number of aliphatic hydroxyl groups is 1. The van der Waals surface area contributed by atoms with Crippen LogP contribution >= 0.6 is 15.6 Å². The zero-order valence-electron chi connectivity index (χ0n) is 64.8. The van der Waals surface area contributed by atoms with Crippen LogP contribution in [0.1, 0.15) is 420 Å². The molecule has 0 aromatic carbocycles. The average Bonchev–Trinajstić information content (AvgIpc) is 1.68. The van der Waals surface area contributed by atoms with Crippen molar-refractivity contribution in [2.24, 2.45) is 11.8 Å². The standard InChI is InChI=1S/C80H156O17P2/c1-7-11-13-15-17-19-20-21-22-30-35-40-46-52-58-64-79(84)96-75(68-90-77(82)62-56-50-44-18-16-14-12-8-2)70-94-98(86,87)92-66-74(81)67-93-99(88,89)95-71-76(97-80(85)65-59-53-47-41-36-31-26-24-28-33-38-43-49-55-61-73(6)10-4)69-91-78(83)63-57-51-45-39-34-29-25-23-27-32-37-42-48-54-60-72(5)9-3/h72-76,81H,7-71H2,1-6H3,(H,86,87)(H,88,89)/t72?,73?,74-,75+,76+/m0/s1. The molecule has 0 saturated carbocycles. The van der Waals surface area contributed by atoms with Crippen molar-refractivity contribution in [3.05, 3.63) is 0 Å². The van der Waals surface area contributed by atoms with Crippen LogP contribution in [0, 0.1) is 11.8 Å². The van der Waals surface area contributed by atoms with Gasteiger partial charge in [-0.2, -0.15) is 0 Å². The summed E-state index contributed by atoms with van der Waals surface area (Å²) in [7, 11) is -9.91. The van der Waals surface area contributed by atoms with Crippen molar-refractivity contribution in [1.82, 2.24) is 0 Å². The lowest BCUT2D eigenvalue weighted by atomic mass is 9.99. The van der Waals surface area contributed by atoms with E-state index in [0.717, 1.165) is 108 Å². The summed E-state index contributed by atoms with van der Waals surface area (Å²) < 4.78 is 68.6. The van der Waals surface area contributed by atoms with Crippen LogP contribution < -0.4 is 0 Å². The molecule has 0 fully saturated rings. The third-order valence-electron chi connectivity index (χ3n) is 19.4. The van der Waals surface area contributed by atoms with Crippen molar-refractivity contribution in [1.29, 1.82) is 0 Å². The van der Waals surface area contributed by atoms with E-state index in [9.17, 15) is 43.2 Å². The predicted octanol–water partition coefficient (Wildman–Crippen LogP) is 23.9. The molecule has 0 aromatic heterocycles. The number of aliphatic hydroxyl groups excluding tert-OH is 1. The van der Waals surface area contributed by atoms with Gasteiger partial charge in [0.15, 0.2) is 12.2 Å². The molecule has 0 bridgehead atoms. The maximum Gasteiger partial charge on any atom is 0.472 e. The topological polar surface area (TPSA) is 237 Å². The maximum atomic E-state index is 13.1. The lowest BCUT2D eigenvalue weighted by molar-refractivity contribution is -0.161. The Morgan fingerprint density at radius 1 is 0.283 bits per heavy atom. The number of hydrogen-bond acceptors (Lipinski definition) is 15. The Bertz CT molecular complexity index is 1910. The van der Waals surface area contributed by atoms with Crippen molar-refractivity contribution in [3.8, 4) is 0 Å². The molecule has 0 aliphatic heterocycles. The molecule has 0 amide bonds. The number of carbonyl (C=O) groups is 4. The zero-order chi connectivity index (χ0) is 72.8. The van der Waals surface area contributed by atoms with E-state index < -0.39 is 97.5 Å². The van der Waals surface area contributed by atoms with Gasteiger partial charge in [-0.05, 0) is 37.5 Å². The Balaban J connectivity index is 5.21. The molecule has 0 radical (unpaired) electrons. The molecular formula is C80H156O17P2. The Kier molecular flexibility index (Phi) is 70.3. The van der Waals surface area contributed by atoms with Crippen LogP contribution in [-0.4, -0.2) is 96.7 Å². The highest BCUT2D eigenvalue weighted by Gasteiger charge is 2.30. The van der Waals surface area contributed by atoms with E-state index in [1.54, 1.807) is 0 Å². The molecule has 0 aliphatic rings. The van der Waals surface area contributed by atoms with Gasteiger partial charge in [0.25, 0.3) is 0 Å². The molecule has 0 rings (SSSR count). The van der Waals surface area contributed by atoms with Crippen molar-refractivity contribution < 1.29 is 80.2 Å². The molecular weight excluding hydrogens is 1290 g/mol. The van der Waals surface area contributed by atoms with Crippen LogP contribution in [0.15, 0.2) is 0 Å². The average molecular weight is 1450 g/mol. The predicted molar refractivity (Wildman–Crippen MR) is 405 cm³/mol. The first-order valence-corrected chi connectivity index (χ1v) is 44.6. The fourth-order valence-corrected chi connectivity index (χ4v) is 13.9. The number of phosphoric acid groups is 2. The summed E-state index contributed by atoms with van der Waals surface area (Å²) in [5.41, 5.74) is 0. The number of unbranched alkanes of at least 4 members (excludes halogenated alkanes) is 47. The van der Waals surface area contributed by atoms with Gasteiger partial charge in [0, 0.05) is 25.7 Å². The summed E-state index contributed by atoms with van der Waals surface area (Å²) in [6.07, 6.45) is 60.9. The van der Waals surface area contributed by atoms with Crippen molar-refractivity contribution in [2.45, 2.75) is 439 Å². The number of esters is 4. The van der Waals surface area contributed by atoms with Crippen LogP contribution in [0.4, 0.5) is 0 Å². The van der Waals surface area contributed by atoms with Gasteiger partial charge >= 0.3 is 39.5 Å². The largest absolute Gasteiger partial charge is 0.472 e. The molecule has 7 atom stereocenters. The van der Waals surface area contributed by atoms with Gasteiger partial charge in [0.2, 0.25) is 0 Å².